The van der Waals surface area contributed by atoms with Gasteiger partial charge >= 0.3 is 0 Å². The number of allylic oxidation sites excluding steroid dienone is 1. The van der Waals surface area contributed by atoms with Gasteiger partial charge in [0.1, 0.15) is 0 Å². The van der Waals surface area contributed by atoms with Crippen LogP contribution >= 0.6 is 0 Å². The van der Waals surface area contributed by atoms with Crippen LogP contribution in [0.15, 0.2) is 12.7 Å². The molecule has 0 amide bonds. The van der Waals surface area contributed by atoms with Crippen LogP contribution in [-0.2, 0) is 4.43 Å². The highest BCUT2D eigenvalue weighted by Gasteiger charge is 2.41. The monoisotopic (exact) mass is 296 g/mol. The summed E-state index contributed by atoms with van der Waals surface area (Å²) < 4.78 is 6.73. The Morgan fingerprint density at radius 3 is 2.40 bits per heavy atom. The highest BCUT2D eigenvalue weighted by atomic mass is 28.4. The lowest BCUT2D eigenvalue weighted by Gasteiger charge is -2.43. The molecule has 0 saturated heterocycles. The molecule has 118 valence electrons. The molecule has 0 aromatic rings. The van der Waals surface area contributed by atoms with Crippen molar-refractivity contribution in [2.45, 2.75) is 96.4 Å². The van der Waals surface area contributed by atoms with Gasteiger partial charge in [0.05, 0.1) is 0 Å². The molecule has 2 atom stereocenters. The van der Waals surface area contributed by atoms with E-state index in [0.29, 0.717) is 11.1 Å². The van der Waals surface area contributed by atoms with E-state index in [0.717, 1.165) is 5.92 Å². The Morgan fingerprint density at radius 1 is 1.15 bits per heavy atom. The second kappa shape index (κ2) is 7.79. The highest BCUT2D eigenvalue weighted by molar-refractivity contribution is 6.74. The summed E-state index contributed by atoms with van der Waals surface area (Å²) in [4.78, 5) is 0. The smallest absolute Gasteiger partial charge is 0.192 e. The van der Waals surface area contributed by atoms with E-state index in [9.17, 15) is 0 Å². The molecule has 2 unspecified atom stereocenters. The van der Waals surface area contributed by atoms with Crippen LogP contribution in [0.1, 0.15) is 72.1 Å². The third-order valence-corrected chi connectivity index (χ3v) is 9.83. The Balaban J connectivity index is 2.53. The van der Waals surface area contributed by atoms with Crippen LogP contribution in [0.3, 0.4) is 0 Å². The predicted molar refractivity (Wildman–Crippen MR) is 92.7 cm³/mol. The van der Waals surface area contributed by atoms with Gasteiger partial charge in [0.15, 0.2) is 8.32 Å². The van der Waals surface area contributed by atoms with Crippen LogP contribution < -0.4 is 0 Å². The van der Waals surface area contributed by atoms with Crippen LogP contribution in [0.5, 0.6) is 0 Å². The topological polar surface area (TPSA) is 9.23 Å². The average Bonchev–Trinajstić information content (AvgIpc) is 2.35. The number of rotatable bonds is 7. The van der Waals surface area contributed by atoms with E-state index in [1.165, 1.54) is 51.4 Å². The first-order valence-corrected chi connectivity index (χ1v) is 11.5. The fraction of sp³-hybridized carbons (Fsp3) is 0.889. The molecule has 0 bridgehead atoms. The van der Waals surface area contributed by atoms with Gasteiger partial charge in [-0.1, -0.05) is 46.1 Å². The van der Waals surface area contributed by atoms with Crippen molar-refractivity contribution in [1.82, 2.24) is 0 Å². The van der Waals surface area contributed by atoms with Crippen molar-refractivity contribution in [3.05, 3.63) is 12.7 Å². The zero-order chi connectivity index (χ0) is 15.2. The van der Waals surface area contributed by atoms with Crippen molar-refractivity contribution in [3.63, 3.8) is 0 Å². The largest absolute Gasteiger partial charge is 0.414 e. The molecule has 0 spiro atoms. The predicted octanol–water partition coefficient (Wildman–Crippen LogP) is 6.31. The minimum absolute atomic E-state index is 0.331. The molecule has 0 heterocycles. The van der Waals surface area contributed by atoms with Gasteiger partial charge < -0.3 is 4.43 Å². The van der Waals surface area contributed by atoms with Crippen molar-refractivity contribution in [2.75, 3.05) is 0 Å². The number of unbranched alkanes of at least 4 members (excludes halogenated alkanes) is 2. The van der Waals surface area contributed by atoms with Gasteiger partial charge in [0.25, 0.3) is 0 Å². The van der Waals surface area contributed by atoms with Crippen LogP contribution in [0.2, 0.25) is 18.1 Å². The van der Waals surface area contributed by atoms with Gasteiger partial charge in [-0.15, -0.1) is 6.58 Å². The third-order valence-electron chi connectivity index (χ3n) is 5.32. The summed E-state index contributed by atoms with van der Waals surface area (Å²) in [7, 11) is -1.60. The zero-order valence-electron chi connectivity index (χ0n) is 14.5. The molecule has 2 heteroatoms. The molecule has 1 nitrogen and oxygen atoms in total. The molecule has 1 saturated carbocycles. The molecule has 1 aliphatic carbocycles. The second-order valence-corrected chi connectivity index (χ2v) is 12.8. The van der Waals surface area contributed by atoms with Crippen molar-refractivity contribution in [2.24, 2.45) is 5.92 Å². The summed E-state index contributed by atoms with van der Waals surface area (Å²) >= 11 is 0. The first-order chi connectivity index (χ1) is 9.28. The van der Waals surface area contributed by atoms with Gasteiger partial charge in [-0.25, -0.2) is 0 Å². The maximum Gasteiger partial charge on any atom is 0.192 e. The van der Waals surface area contributed by atoms with Crippen molar-refractivity contribution >= 4 is 8.32 Å². The summed E-state index contributed by atoms with van der Waals surface area (Å²) in [5.41, 5.74) is 0. The van der Waals surface area contributed by atoms with Crippen LogP contribution in [0, 0.1) is 5.92 Å². The van der Waals surface area contributed by atoms with Crippen LogP contribution in [0.4, 0.5) is 0 Å². The Kier molecular flexibility index (Phi) is 7.00. The zero-order valence-corrected chi connectivity index (χ0v) is 15.5. The molecular weight excluding hydrogens is 260 g/mol. The van der Waals surface area contributed by atoms with Crippen molar-refractivity contribution in [1.29, 1.82) is 0 Å². The summed E-state index contributed by atoms with van der Waals surface area (Å²) in [5.74, 6) is 0.808. The molecule has 0 N–H and O–H groups in total. The third kappa shape index (κ3) is 5.36. The quantitative estimate of drug-likeness (QED) is 0.304. The van der Waals surface area contributed by atoms with Gasteiger partial charge in [0.2, 0.25) is 0 Å². The molecule has 0 aliphatic heterocycles. The minimum atomic E-state index is -1.60. The number of hydrogen-bond donors (Lipinski definition) is 0. The van der Waals surface area contributed by atoms with Crippen molar-refractivity contribution in [3.8, 4) is 0 Å². The van der Waals surface area contributed by atoms with Gasteiger partial charge in [-0.2, -0.15) is 0 Å². The Morgan fingerprint density at radius 2 is 1.80 bits per heavy atom. The van der Waals surface area contributed by atoms with E-state index in [4.69, 9.17) is 4.43 Å². The lowest BCUT2D eigenvalue weighted by Crippen LogP contribution is -2.46. The minimum Gasteiger partial charge on any atom is -0.414 e. The molecule has 1 rings (SSSR count). The maximum absolute atomic E-state index is 6.73. The normalized spacial score (nSPS) is 24.6. The summed E-state index contributed by atoms with van der Waals surface area (Å²) in [6.07, 6.45) is 13.2. The van der Waals surface area contributed by atoms with Gasteiger partial charge in [-0.3, -0.25) is 0 Å². The van der Waals surface area contributed by atoms with E-state index in [1.807, 2.05) is 6.08 Å². The highest BCUT2D eigenvalue weighted by Crippen LogP contribution is 2.41. The van der Waals surface area contributed by atoms with Crippen LogP contribution in [0.25, 0.3) is 0 Å². The van der Waals surface area contributed by atoms with E-state index >= 15 is 0 Å². The lowest BCUT2D eigenvalue weighted by molar-refractivity contribution is 0.0731. The summed E-state index contributed by atoms with van der Waals surface area (Å²) in [5, 5.41) is 0.331. The van der Waals surface area contributed by atoms with E-state index in [-0.39, 0.29) is 0 Å². The van der Waals surface area contributed by atoms with E-state index in [1.54, 1.807) is 0 Å². The van der Waals surface area contributed by atoms with E-state index in [2.05, 4.69) is 40.4 Å². The molecule has 0 aromatic carbocycles. The van der Waals surface area contributed by atoms with Gasteiger partial charge in [-0.05, 0) is 56.2 Å². The Bertz CT molecular complexity index is 290. The molecule has 0 aromatic heterocycles. The van der Waals surface area contributed by atoms with Crippen molar-refractivity contribution < 1.29 is 4.43 Å². The summed E-state index contributed by atoms with van der Waals surface area (Å²) in [6.45, 7) is 15.7. The second-order valence-electron chi connectivity index (χ2n) is 8.03. The Hall–Kier alpha value is -0.0831. The lowest BCUT2D eigenvalue weighted by atomic mass is 9.83. The first kappa shape index (κ1) is 18.0. The summed E-state index contributed by atoms with van der Waals surface area (Å²) in [6, 6.07) is 0. The SMILES string of the molecule is C=CCCCCC1CCCCC1O[Si](C)(C)C(C)(C)C. The van der Waals surface area contributed by atoms with E-state index < -0.39 is 8.32 Å². The average molecular weight is 297 g/mol. The first-order valence-electron chi connectivity index (χ1n) is 8.56. The van der Waals surface area contributed by atoms with Gasteiger partial charge in [0, 0.05) is 6.10 Å². The molecule has 1 aliphatic rings. The standard InChI is InChI=1S/C18H36OSi/c1-7-8-9-10-13-16-14-11-12-15-17(16)19-20(5,6)18(2,3)4/h7,16-17H,1,8-15H2,2-6H3. The molecular formula is C18H36OSi. The van der Waals surface area contributed by atoms with Crippen LogP contribution in [-0.4, -0.2) is 14.4 Å². The fourth-order valence-corrected chi connectivity index (χ4v) is 4.33. The Labute approximate surface area is 128 Å². The molecule has 1 fully saturated rings. The fourth-order valence-electron chi connectivity index (χ4n) is 2.91. The maximum atomic E-state index is 6.73. The molecule has 0 radical (unpaired) electrons. The molecule has 20 heavy (non-hydrogen) atoms. The number of hydrogen-bond acceptors (Lipinski definition) is 1.